The minimum Gasteiger partial charge on any atom is -0.494 e. The van der Waals surface area contributed by atoms with E-state index in [4.69, 9.17) is 4.74 Å². The molecule has 3 nitrogen and oxygen atoms in total. The second kappa shape index (κ2) is 5.02. The monoisotopic (exact) mass is 238 g/mol. The van der Waals surface area contributed by atoms with Crippen molar-refractivity contribution in [3.8, 4) is 5.75 Å². The lowest BCUT2D eigenvalue weighted by Gasteiger charge is -2.24. The average molecular weight is 238 g/mol. The number of nitrogens with one attached hydrogen (secondary N) is 2. The first kappa shape index (κ1) is 12.3. The highest BCUT2D eigenvalue weighted by atomic mass is 19.1. The Hall–Kier alpha value is -1.13. The predicted octanol–water partition coefficient (Wildman–Crippen LogP) is 1.68. The molecule has 0 aromatic heterocycles. The van der Waals surface area contributed by atoms with E-state index in [1.54, 1.807) is 12.1 Å². The zero-order valence-corrected chi connectivity index (χ0v) is 10.3. The van der Waals surface area contributed by atoms with Crippen molar-refractivity contribution in [2.75, 3.05) is 20.2 Å². The number of halogens is 1. The van der Waals surface area contributed by atoms with Gasteiger partial charge < -0.3 is 15.4 Å². The van der Waals surface area contributed by atoms with Crippen molar-refractivity contribution in [1.29, 1.82) is 0 Å². The van der Waals surface area contributed by atoms with Gasteiger partial charge in [-0.2, -0.15) is 0 Å². The van der Waals surface area contributed by atoms with E-state index < -0.39 is 0 Å². The molecule has 94 valence electrons. The van der Waals surface area contributed by atoms with Gasteiger partial charge in [0.1, 0.15) is 0 Å². The molecule has 0 spiro atoms. The van der Waals surface area contributed by atoms with Crippen LogP contribution in [0.5, 0.6) is 5.75 Å². The summed E-state index contributed by atoms with van der Waals surface area (Å²) in [6.07, 6.45) is 1.07. The Morgan fingerprint density at radius 1 is 1.53 bits per heavy atom. The van der Waals surface area contributed by atoms with Crippen molar-refractivity contribution in [1.82, 2.24) is 10.6 Å². The van der Waals surface area contributed by atoms with E-state index >= 15 is 0 Å². The van der Waals surface area contributed by atoms with E-state index in [0.29, 0.717) is 17.9 Å². The summed E-state index contributed by atoms with van der Waals surface area (Å²) in [6.45, 7) is 4.63. The van der Waals surface area contributed by atoms with Crippen molar-refractivity contribution in [2.24, 2.45) is 0 Å². The minimum atomic E-state index is -0.267. The van der Waals surface area contributed by atoms with Gasteiger partial charge in [0.05, 0.1) is 7.11 Å². The molecule has 0 radical (unpaired) electrons. The standard InChI is InChI=1S/C13H19FN2O/c1-13(6-7-15-9-13)16-8-10-4-3-5-11(17-2)12(10)14/h3-5,15-16H,6-9H2,1-2H3. The summed E-state index contributed by atoms with van der Waals surface area (Å²) in [7, 11) is 1.48. The Morgan fingerprint density at radius 3 is 3.00 bits per heavy atom. The van der Waals surface area contributed by atoms with Crippen LogP contribution < -0.4 is 15.4 Å². The van der Waals surface area contributed by atoms with Gasteiger partial charge in [-0.3, -0.25) is 0 Å². The lowest BCUT2D eigenvalue weighted by Crippen LogP contribution is -2.43. The molecule has 1 heterocycles. The molecule has 1 aromatic carbocycles. The largest absolute Gasteiger partial charge is 0.494 e. The van der Waals surface area contributed by atoms with Crippen LogP contribution >= 0.6 is 0 Å². The first-order valence-corrected chi connectivity index (χ1v) is 5.92. The molecule has 1 aliphatic heterocycles. The summed E-state index contributed by atoms with van der Waals surface area (Å²) in [4.78, 5) is 0. The van der Waals surface area contributed by atoms with Gasteiger partial charge in [0.15, 0.2) is 11.6 Å². The summed E-state index contributed by atoms with van der Waals surface area (Å²) in [5.41, 5.74) is 0.715. The normalized spacial score (nSPS) is 23.9. The number of hydrogen-bond donors (Lipinski definition) is 2. The second-order valence-electron chi connectivity index (χ2n) is 4.77. The topological polar surface area (TPSA) is 33.3 Å². The highest BCUT2D eigenvalue weighted by molar-refractivity contribution is 5.31. The summed E-state index contributed by atoms with van der Waals surface area (Å²) in [6, 6.07) is 5.24. The van der Waals surface area contributed by atoms with E-state index in [1.165, 1.54) is 7.11 Å². The average Bonchev–Trinajstić information content (AvgIpc) is 2.75. The summed E-state index contributed by atoms with van der Waals surface area (Å²) >= 11 is 0. The molecule has 1 saturated heterocycles. The minimum absolute atomic E-state index is 0.0650. The highest BCUT2D eigenvalue weighted by Crippen LogP contribution is 2.21. The van der Waals surface area contributed by atoms with Gasteiger partial charge >= 0.3 is 0 Å². The van der Waals surface area contributed by atoms with Crippen LogP contribution in [-0.4, -0.2) is 25.7 Å². The van der Waals surface area contributed by atoms with Crippen LogP contribution in [0, 0.1) is 5.82 Å². The Balaban J connectivity index is 2.03. The Labute approximate surface area is 101 Å². The van der Waals surface area contributed by atoms with Crippen LogP contribution in [-0.2, 0) is 6.54 Å². The fraction of sp³-hybridized carbons (Fsp3) is 0.538. The quantitative estimate of drug-likeness (QED) is 0.837. The maximum absolute atomic E-state index is 13.9. The van der Waals surface area contributed by atoms with Crippen molar-refractivity contribution < 1.29 is 9.13 Å². The summed E-state index contributed by atoms with van der Waals surface area (Å²) < 4.78 is 18.9. The highest BCUT2D eigenvalue weighted by Gasteiger charge is 2.27. The summed E-state index contributed by atoms with van der Waals surface area (Å²) in [5, 5.41) is 6.71. The molecule has 1 atom stereocenters. The lowest BCUT2D eigenvalue weighted by atomic mass is 10.0. The van der Waals surface area contributed by atoms with E-state index in [1.807, 2.05) is 6.07 Å². The Morgan fingerprint density at radius 2 is 2.35 bits per heavy atom. The maximum atomic E-state index is 13.9. The van der Waals surface area contributed by atoms with Crippen molar-refractivity contribution in [3.63, 3.8) is 0 Å². The van der Waals surface area contributed by atoms with Crippen molar-refractivity contribution in [2.45, 2.75) is 25.4 Å². The van der Waals surface area contributed by atoms with Crippen molar-refractivity contribution in [3.05, 3.63) is 29.6 Å². The molecule has 0 bridgehead atoms. The zero-order chi connectivity index (χ0) is 12.3. The van der Waals surface area contributed by atoms with Gasteiger partial charge in [0.2, 0.25) is 0 Å². The van der Waals surface area contributed by atoms with Crippen LogP contribution in [0.4, 0.5) is 4.39 Å². The number of hydrogen-bond acceptors (Lipinski definition) is 3. The van der Waals surface area contributed by atoms with Gasteiger partial charge in [0.25, 0.3) is 0 Å². The molecular formula is C13H19FN2O. The molecule has 2 N–H and O–H groups in total. The van der Waals surface area contributed by atoms with Gasteiger partial charge in [-0.25, -0.2) is 4.39 Å². The lowest BCUT2D eigenvalue weighted by molar-refractivity contribution is 0.367. The van der Waals surface area contributed by atoms with E-state index in [9.17, 15) is 4.39 Å². The molecular weight excluding hydrogens is 219 g/mol. The smallest absolute Gasteiger partial charge is 0.169 e. The molecule has 0 saturated carbocycles. The fourth-order valence-electron chi connectivity index (χ4n) is 2.13. The van der Waals surface area contributed by atoms with Crippen molar-refractivity contribution >= 4 is 0 Å². The maximum Gasteiger partial charge on any atom is 0.169 e. The SMILES string of the molecule is COc1cccc(CNC2(C)CCNC2)c1F. The fourth-order valence-corrected chi connectivity index (χ4v) is 2.13. The zero-order valence-electron chi connectivity index (χ0n) is 10.3. The third-order valence-electron chi connectivity index (χ3n) is 3.34. The second-order valence-corrected chi connectivity index (χ2v) is 4.77. The Kier molecular flexibility index (Phi) is 3.64. The van der Waals surface area contributed by atoms with Gasteiger partial charge in [0, 0.05) is 24.2 Å². The molecule has 1 unspecified atom stereocenters. The molecule has 1 aromatic rings. The first-order valence-electron chi connectivity index (χ1n) is 5.92. The molecule has 1 aliphatic rings. The predicted molar refractivity (Wildman–Crippen MR) is 65.7 cm³/mol. The summed E-state index contributed by atoms with van der Waals surface area (Å²) in [5.74, 6) is 0.0380. The van der Waals surface area contributed by atoms with E-state index in [-0.39, 0.29) is 11.4 Å². The van der Waals surface area contributed by atoms with Crippen LogP contribution in [0.3, 0.4) is 0 Å². The molecule has 0 aliphatic carbocycles. The van der Waals surface area contributed by atoms with Crippen LogP contribution in [0.2, 0.25) is 0 Å². The Bertz CT molecular complexity index is 389. The molecule has 2 rings (SSSR count). The third-order valence-corrected chi connectivity index (χ3v) is 3.34. The van der Waals surface area contributed by atoms with Gasteiger partial charge in [-0.15, -0.1) is 0 Å². The number of benzene rings is 1. The van der Waals surface area contributed by atoms with Crippen LogP contribution in [0.1, 0.15) is 18.9 Å². The van der Waals surface area contributed by atoms with Crippen LogP contribution in [0.15, 0.2) is 18.2 Å². The molecule has 0 amide bonds. The van der Waals surface area contributed by atoms with E-state index in [0.717, 1.165) is 19.5 Å². The van der Waals surface area contributed by atoms with Crippen LogP contribution in [0.25, 0.3) is 0 Å². The molecule has 17 heavy (non-hydrogen) atoms. The van der Waals surface area contributed by atoms with E-state index in [2.05, 4.69) is 17.6 Å². The number of ether oxygens (including phenoxy) is 1. The third kappa shape index (κ3) is 2.76. The molecule has 4 heteroatoms. The van der Waals surface area contributed by atoms with Gasteiger partial charge in [-0.1, -0.05) is 12.1 Å². The number of rotatable bonds is 4. The van der Waals surface area contributed by atoms with Gasteiger partial charge in [-0.05, 0) is 26.0 Å². The molecule has 1 fully saturated rings. The first-order chi connectivity index (χ1) is 8.14. The number of methoxy groups -OCH3 is 1.